The quantitative estimate of drug-likeness (QED) is 0.0368. The molecule has 6 rings (SSSR count). The van der Waals surface area contributed by atoms with E-state index in [9.17, 15) is 24.6 Å². The van der Waals surface area contributed by atoms with E-state index in [1.165, 1.54) is 11.1 Å². The molecule has 67 heavy (non-hydrogen) atoms. The molecule has 364 valence electrons. The summed E-state index contributed by atoms with van der Waals surface area (Å²) in [6.07, 6.45) is 1.57. The molecule has 0 amide bonds. The molecule has 4 unspecified atom stereocenters. The minimum Gasteiger partial charge on any atom is -0.491 e. The lowest BCUT2D eigenvalue weighted by Crippen LogP contribution is -2.25. The predicted molar refractivity (Wildman–Crippen MR) is 257 cm³/mol. The second-order valence-electron chi connectivity index (χ2n) is 16.0. The maximum absolute atomic E-state index is 11.0. The van der Waals surface area contributed by atoms with Crippen LogP contribution in [0.3, 0.4) is 0 Å². The summed E-state index contributed by atoms with van der Waals surface area (Å²) >= 11 is 0. The van der Waals surface area contributed by atoms with Gasteiger partial charge in [0.1, 0.15) is 87.1 Å². The normalized spacial score (nSPS) is 15.2. The number of ether oxygens (including phenoxy) is 8. The second kappa shape index (κ2) is 27.9. The van der Waals surface area contributed by atoms with E-state index >= 15 is 0 Å². The topological polar surface area (TPSA) is 192 Å². The van der Waals surface area contributed by atoms with Gasteiger partial charge in [-0.05, 0) is 70.8 Å². The van der Waals surface area contributed by atoms with E-state index < -0.39 is 30.1 Å². The Morgan fingerprint density at radius 3 is 1.01 bits per heavy atom. The molecule has 2 heterocycles. The highest BCUT2D eigenvalue weighted by atomic mass is 16.6. The van der Waals surface area contributed by atoms with Crippen LogP contribution >= 0.6 is 0 Å². The molecule has 0 spiro atoms. The van der Waals surface area contributed by atoms with Gasteiger partial charge < -0.3 is 53.2 Å². The van der Waals surface area contributed by atoms with Crippen molar-refractivity contribution in [3.8, 4) is 23.0 Å². The monoisotopic (exact) mass is 928 g/mol. The summed E-state index contributed by atoms with van der Waals surface area (Å²) in [6.45, 7) is 20.7. The Balaban J connectivity index is 0.000000421. The van der Waals surface area contributed by atoms with E-state index in [0.717, 1.165) is 54.1 Å². The van der Waals surface area contributed by atoms with Gasteiger partial charge in [-0.25, -0.2) is 14.4 Å². The number of aliphatic carboxylic acids is 1. The zero-order chi connectivity index (χ0) is 47.4. The van der Waals surface area contributed by atoms with Crippen molar-refractivity contribution in [1.29, 1.82) is 0 Å². The molecule has 2 aliphatic rings. The van der Waals surface area contributed by atoms with E-state index in [2.05, 4.69) is 71.7 Å². The lowest BCUT2D eigenvalue weighted by molar-refractivity contribution is -0.142. The fourth-order valence-electron chi connectivity index (χ4n) is 5.87. The fourth-order valence-corrected chi connectivity index (χ4v) is 5.87. The van der Waals surface area contributed by atoms with E-state index in [-0.39, 0.29) is 64.3 Å². The van der Waals surface area contributed by atoms with Crippen LogP contribution in [-0.2, 0) is 44.2 Å². The number of rotatable bonds is 23. The first-order valence-electron chi connectivity index (χ1n) is 21.0. The number of hydrogen-bond donors (Lipinski definition) is 3. The highest BCUT2D eigenvalue weighted by molar-refractivity contribution is 5.81. The Kier molecular flexibility index (Phi) is 23.6. The van der Waals surface area contributed by atoms with Gasteiger partial charge in [-0.3, -0.25) is 0 Å². The first-order chi connectivity index (χ1) is 31.0. The smallest absolute Gasteiger partial charge is 0.330 e. The summed E-state index contributed by atoms with van der Waals surface area (Å²) in [7, 11) is 0. The second-order valence-corrected chi connectivity index (χ2v) is 16.0. The number of carbonyl (C=O) groups excluding carboxylic acids is 2. The number of hydrogen-bond acceptors (Lipinski definition) is 13. The standard InChI is InChI=1S/C27H32O8.C21H24O4.C3H4O2.2CH4/c1-5-25(30)34-17-21(28)15-32-23-11-7-19(8-12-23)27(3,4)20-9-13-24(14-10-20)33-16-22(29)18-35-26(31)6-2;1-21(2,15-3-7-17(8-4-15)22-11-19-13-24-19)16-5-9-18(10-6-16)23-12-20-14-25-20;1-2-3(4)5;;/h5-14,21-22,28-29H,1-2,15-18H2,3-4H3;3-10,19-20H,11-14H2,1-2H3;2H,1H2,(H,4,5);2*1H4. The summed E-state index contributed by atoms with van der Waals surface area (Å²) in [5.41, 5.74) is 4.21. The van der Waals surface area contributed by atoms with Gasteiger partial charge in [0.25, 0.3) is 0 Å². The molecule has 14 nitrogen and oxygen atoms in total. The lowest BCUT2D eigenvalue weighted by atomic mass is 9.78. The first kappa shape index (κ1) is 56.7. The van der Waals surface area contributed by atoms with Crippen molar-refractivity contribution in [3.63, 3.8) is 0 Å². The molecule has 0 saturated carbocycles. The largest absolute Gasteiger partial charge is 0.491 e. The van der Waals surface area contributed by atoms with Crippen LogP contribution in [0.25, 0.3) is 0 Å². The van der Waals surface area contributed by atoms with Crippen molar-refractivity contribution in [1.82, 2.24) is 0 Å². The van der Waals surface area contributed by atoms with Crippen LogP contribution in [0.4, 0.5) is 0 Å². The van der Waals surface area contributed by atoms with Crippen LogP contribution in [0.1, 0.15) is 64.8 Å². The maximum atomic E-state index is 11.0. The van der Waals surface area contributed by atoms with Gasteiger partial charge >= 0.3 is 17.9 Å². The number of epoxide rings is 2. The van der Waals surface area contributed by atoms with Gasteiger partial charge in [-0.2, -0.15) is 0 Å². The summed E-state index contributed by atoms with van der Waals surface area (Å²) in [5.74, 6) is 0.769. The van der Waals surface area contributed by atoms with E-state index in [0.29, 0.717) is 24.7 Å². The highest BCUT2D eigenvalue weighted by Crippen LogP contribution is 2.35. The molecular weight excluding hydrogens is 861 g/mol. The SMILES string of the molecule is C.C.C=CC(=O)O.C=CC(=O)OCC(O)COc1ccc(C(C)(C)c2ccc(OCC(O)COC(=O)C=C)cc2)cc1.CC(C)(c1ccc(OCC2CO2)cc1)c1ccc(OCC2CO2)cc1. The van der Waals surface area contributed by atoms with Crippen LogP contribution in [0.2, 0.25) is 0 Å². The molecule has 0 bridgehead atoms. The van der Waals surface area contributed by atoms with Crippen LogP contribution in [0.15, 0.2) is 135 Å². The summed E-state index contributed by atoms with van der Waals surface area (Å²) < 4.78 is 42.5. The van der Waals surface area contributed by atoms with Crippen LogP contribution in [0, 0.1) is 0 Å². The average molecular weight is 929 g/mol. The molecule has 0 radical (unpaired) electrons. The van der Waals surface area contributed by atoms with Gasteiger partial charge in [-0.15, -0.1) is 0 Å². The fraction of sp³-hybridized carbons (Fsp3) is 0.377. The van der Waals surface area contributed by atoms with Crippen molar-refractivity contribution < 1.29 is 67.6 Å². The number of aliphatic hydroxyl groups excluding tert-OH is 2. The molecule has 14 heteroatoms. The number of carbonyl (C=O) groups is 3. The van der Waals surface area contributed by atoms with Gasteiger partial charge in [0.05, 0.1) is 13.2 Å². The van der Waals surface area contributed by atoms with E-state index in [1.54, 1.807) is 0 Å². The minimum absolute atomic E-state index is 0. The Labute approximate surface area is 395 Å². The van der Waals surface area contributed by atoms with Crippen LogP contribution in [0.5, 0.6) is 23.0 Å². The van der Waals surface area contributed by atoms with E-state index in [1.807, 2.05) is 72.8 Å². The third-order valence-corrected chi connectivity index (χ3v) is 10.2. The Morgan fingerprint density at radius 2 is 0.791 bits per heavy atom. The molecule has 2 fully saturated rings. The molecule has 4 aromatic rings. The Morgan fingerprint density at radius 1 is 0.537 bits per heavy atom. The molecule has 0 aliphatic carbocycles. The molecule has 0 aromatic heterocycles. The summed E-state index contributed by atoms with van der Waals surface area (Å²) in [4.78, 5) is 31.3. The number of benzene rings is 4. The number of carboxylic acid groups (broad SMARTS) is 1. The predicted octanol–water partition coefficient (Wildman–Crippen LogP) is 8.05. The van der Waals surface area contributed by atoms with Crippen molar-refractivity contribution in [2.75, 3.05) is 52.9 Å². The highest BCUT2D eigenvalue weighted by Gasteiger charge is 2.27. The minimum atomic E-state index is -0.981. The number of aliphatic hydroxyl groups is 2. The maximum Gasteiger partial charge on any atom is 0.330 e. The molecule has 4 aromatic carbocycles. The number of carboxylic acids is 1. The van der Waals surface area contributed by atoms with Gasteiger partial charge in [-0.1, -0.05) is 111 Å². The molecule has 3 N–H and O–H groups in total. The van der Waals surface area contributed by atoms with Gasteiger partial charge in [0.15, 0.2) is 0 Å². The van der Waals surface area contributed by atoms with Crippen molar-refractivity contribution in [3.05, 3.63) is 157 Å². The zero-order valence-corrected chi connectivity index (χ0v) is 37.4. The summed E-state index contributed by atoms with van der Waals surface area (Å²) in [5, 5.41) is 27.3. The Hall–Kier alpha value is -6.45. The molecular formula is C53H68O14. The van der Waals surface area contributed by atoms with Gasteiger partial charge in [0.2, 0.25) is 0 Å². The van der Waals surface area contributed by atoms with Crippen LogP contribution in [-0.4, -0.2) is 110 Å². The molecule has 2 saturated heterocycles. The summed E-state index contributed by atoms with van der Waals surface area (Å²) in [6, 6.07) is 31.7. The van der Waals surface area contributed by atoms with Crippen molar-refractivity contribution in [2.24, 2.45) is 0 Å². The Bertz CT molecular complexity index is 1980. The van der Waals surface area contributed by atoms with Crippen LogP contribution < -0.4 is 18.9 Å². The lowest BCUT2D eigenvalue weighted by Gasteiger charge is -2.26. The average Bonchev–Trinajstić information content (AvgIpc) is 4.28. The first-order valence-corrected chi connectivity index (χ1v) is 21.0. The zero-order valence-electron chi connectivity index (χ0n) is 37.4. The third kappa shape index (κ3) is 19.9. The molecule has 4 atom stereocenters. The van der Waals surface area contributed by atoms with Crippen molar-refractivity contribution >= 4 is 17.9 Å². The van der Waals surface area contributed by atoms with Gasteiger partial charge in [0, 0.05) is 29.1 Å². The number of esters is 2. The third-order valence-electron chi connectivity index (χ3n) is 10.2. The molecule has 2 aliphatic heterocycles. The van der Waals surface area contributed by atoms with E-state index in [4.69, 9.17) is 43.0 Å². The van der Waals surface area contributed by atoms with Crippen molar-refractivity contribution in [2.45, 2.75) is 77.8 Å².